The smallest absolute Gasteiger partial charge is 0.243 e. The zero-order chi connectivity index (χ0) is 13.1. The van der Waals surface area contributed by atoms with Gasteiger partial charge in [0.05, 0.1) is 0 Å². The highest BCUT2D eigenvalue weighted by Gasteiger charge is 2.17. The van der Waals surface area contributed by atoms with Crippen LogP contribution in [-0.4, -0.2) is 31.0 Å². The predicted octanol–water partition coefficient (Wildman–Crippen LogP) is 0.555. The average molecular weight is 260 g/mol. The first-order valence-corrected chi connectivity index (χ1v) is 6.30. The fourth-order valence-electron chi connectivity index (χ4n) is 1.93. The molecule has 19 heavy (non-hydrogen) atoms. The van der Waals surface area contributed by atoms with Crippen LogP contribution in [0, 0.1) is 5.92 Å². The van der Waals surface area contributed by atoms with Gasteiger partial charge in [-0.2, -0.15) is 15.0 Å². The number of imidazole rings is 1. The summed E-state index contributed by atoms with van der Waals surface area (Å²) >= 11 is 0. The number of hydrazine groups is 1. The number of nitrogen functional groups attached to an aromatic ring is 1. The summed E-state index contributed by atoms with van der Waals surface area (Å²) in [5, 5.41) is 3.23. The van der Waals surface area contributed by atoms with Crippen LogP contribution >= 0.6 is 0 Å². The van der Waals surface area contributed by atoms with E-state index < -0.39 is 0 Å². The average Bonchev–Trinajstić information content (AvgIpc) is 2.90. The highest BCUT2D eigenvalue weighted by molar-refractivity contribution is 5.37. The number of nitrogens with zero attached hydrogens (tertiary/aromatic N) is 5. The van der Waals surface area contributed by atoms with Gasteiger partial charge < -0.3 is 5.32 Å². The van der Waals surface area contributed by atoms with Crippen molar-refractivity contribution in [1.82, 2.24) is 24.5 Å². The van der Waals surface area contributed by atoms with Gasteiger partial charge in [0.15, 0.2) is 0 Å². The van der Waals surface area contributed by atoms with Crippen molar-refractivity contribution in [2.45, 2.75) is 19.3 Å². The Labute approximate surface area is 110 Å². The molecule has 2 aromatic heterocycles. The SMILES string of the molecule is NNc1nc(NCC2CCC2)nc(-n2ccnc2)n1. The van der Waals surface area contributed by atoms with E-state index in [4.69, 9.17) is 5.84 Å². The molecule has 1 aliphatic rings. The van der Waals surface area contributed by atoms with Crippen LogP contribution in [0.3, 0.4) is 0 Å². The van der Waals surface area contributed by atoms with Crippen LogP contribution in [0.2, 0.25) is 0 Å². The van der Waals surface area contributed by atoms with Crippen LogP contribution in [0.15, 0.2) is 18.7 Å². The molecule has 8 nitrogen and oxygen atoms in total. The van der Waals surface area contributed by atoms with Crippen molar-refractivity contribution >= 4 is 11.9 Å². The number of rotatable bonds is 5. The Morgan fingerprint density at radius 3 is 2.74 bits per heavy atom. The second-order valence-electron chi connectivity index (χ2n) is 4.57. The van der Waals surface area contributed by atoms with Gasteiger partial charge in [-0.1, -0.05) is 6.42 Å². The zero-order valence-electron chi connectivity index (χ0n) is 10.5. The molecule has 3 rings (SSSR count). The van der Waals surface area contributed by atoms with Crippen LogP contribution in [0.25, 0.3) is 5.95 Å². The second-order valence-corrected chi connectivity index (χ2v) is 4.57. The van der Waals surface area contributed by atoms with Crippen molar-refractivity contribution in [3.8, 4) is 5.95 Å². The molecule has 4 N–H and O–H groups in total. The van der Waals surface area contributed by atoms with Gasteiger partial charge in [0.1, 0.15) is 6.33 Å². The maximum Gasteiger partial charge on any atom is 0.243 e. The van der Waals surface area contributed by atoms with Gasteiger partial charge in [0.25, 0.3) is 0 Å². The zero-order valence-corrected chi connectivity index (χ0v) is 10.5. The lowest BCUT2D eigenvalue weighted by atomic mass is 9.85. The second kappa shape index (κ2) is 5.19. The highest BCUT2D eigenvalue weighted by atomic mass is 15.4. The third-order valence-corrected chi connectivity index (χ3v) is 3.26. The van der Waals surface area contributed by atoms with Gasteiger partial charge in [-0.3, -0.25) is 9.99 Å². The Balaban J connectivity index is 1.80. The molecule has 0 bridgehead atoms. The molecule has 0 amide bonds. The normalized spacial score (nSPS) is 15.0. The first-order chi connectivity index (χ1) is 9.35. The van der Waals surface area contributed by atoms with Gasteiger partial charge in [-0.05, 0) is 18.8 Å². The van der Waals surface area contributed by atoms with Crippen molar-refractivity contribution in [1.29, 1.82) is 0 Å². The van der Waals surface area contributed by atoms with E-state index in [1.807, 2.05) is 0 Å². The summed E-state index contributed by atoms with van der Waals surface area (Å²) in [6, 6.07) is 0. The first-order valence-electron chi connectivity index (χ1n) is 6.30. The van der Waals surface area contributed by atoms with E-state index in [-0.39, 0.29) is 0 Å². The number of anilines is 2. The minimum Gasteiger partial charge on any atom is -0.354 e. The summed E-state index contributed by atoms with van der Waals surface area (Å²) in [4.78, 5) is 16.7. The fourth-order valence-corrected chi connectivity index (χ4v) is 1.93. The van der Waals surface area contributed by atoms with Crippen molar-refractivity contribution in [3.63, 3.8) is 0 Å². The molecular formula is C11H16N8. The fraction of sp³-hybridized carbons (Fsp3) is 0.455. The quantitative estimate of drug-likeness (QED) is 0.532. The van der Waals surface area contributed by atoms with Crippen LogP contribution in [0.4, 0.5) is 11.9 Å². The van der Waals surface area contributed by atoms with E-state index in [2.05, 4.69) is 30.7 Å². The third kappa shape index (κ3) is 2.63. The van der Waals surface area contributed by atoms with Gasteiger partial charge in [0.2, 0.25) is 17.8 Å². The summed E-state index contributed by atoms with van der Waals surface area (Å²) in [5.41, 5.74) is 2.45. The molecule has 0 atom stereocenters. The summed E-state index contributed by atoms with van der Waals surface area (Å²) in [7, 11) is 0. The molecule has 2 heterocycles. The van der Waals surface area contributed by atoms with E-state index >= 15 is 0 Å². The lowest BCUT2D eigenvalue weighted by Gasteiger charge is -2.25. The van der Waals surface area contributed by atoms with Crippen LogP contribution in [0.1, 0.15) is 19.3 Å². The third-order valence-electron chi connectivity index (χ3n) is 3.26. The summed E-state index contributed by atoms with van der Waals surface area (Å²) in [5.74, 6) is 7.44. The number of aromatic nitrogens is 5. The molecular weight excluding hydrogens is 244 g/mol. The van der Waals surface area contributed by atoms with Crippen LogP contribution < -0.4 is 16.6 Å². The molecule has 0 saturated heterocycles. The molecule has 0 spiro atoms. The summed E-state index contributed by atoms with van der Waals surface area (Å²) in [6.45, 7) is 0.886. The number of nitrogens with two attached hydrogens (primary N) is 1. The predicted molar refractivity (Wildman–Crippen MR) is 70.6 cm³/mol. The minimum absolute atomic E-state index is 0.329. The number of hydrogen-bond donors (Lipinski definition) is 3. The Morgan fingerprint density at radius 2 is 2.11 bits per heavy atom. The number of nitrogens with one attached hydrogen (secondary N) is 2. The molecule has 1 aliphatic carbocycles. The topological polar surface area (TPSA) is 107 Å². The maximum atomic E-state index is 5.38. The van der Waals surface area contributed by atoms with E-state index in [1.165, 1.54) is 19.3 Å². The van der Waals surface area contributed by atoms with Crippen molar-refractivity contribution in [3.05, 3.63) is 18.7 Å². The molecule has 0 radical (unpaired) electrons. The Hall–Kier alpha value is -2.22. The van der Waals surface area contributed by atoms with E-state index in [9.17, 15) is 0 Å². The summed E-state index contributed by atoms with van der Waals surface area (Å²) < 4.78 is 1.71. The minimum atomic E-state index is 0.329. The van der Waals surface area contributed by atoms with E-state index in [0.717, 1.165) is 12.5 Å². The van der Waals surface area contributed by atoms with Crippen molar-refractivity contribution in [2.75, 3.05) is 17.3 Å². The lowest BCUT2D eigenvalue weighted by Crippen LogP contribution is -2.23. The van der Waals surface area contributed by atoms with Crippen LogP contribution in [0.5, 0.6) is 0 Å². The molecule has 0 unspecified atom stereocenters. The van der Waals surface area contributed by atoms with Crippen molar-refractivity contribution in [2.24, 2.45) is 11.8 Å². The van der Waals surface area contributed by atoms with Gasteiger partial charge in [-0.25, -0.2) is 10.8 Å². The molecule has 1 saturated carbocycles. The molecule has 100 valence electrons. The standard InChI is InChI=1S/C11H16N8/c12-18-10-15-9(14-6-8-2-1-3-8)16-11(17-10)19-5-4-13-7-19/h4-5,7-8H,1-3,6,12H2,(H2,14,15,16,17,18). The number of hydrogen-bond acceptors (Lipinski definition) is 7. The van der Waals surface area contributed by atoms with E-state index in [0.29, 0.717) is 17.8 Å². The molecule has 0 aliphatic heterocycles. The summed E-state index contributed by atoms with van der Waals surface area (Å²) in [6.07, 6.45) is 8.93. The molecule has 1 fully saturated rings. The largest absolute Gasteiger partial charge is 0.354 e. The Kier molecular flexibility index (Phi) is 3.23. The first kappa shape index (κ1) is 11.8. The Morgan fingerprint density at radius 1 is 1.26 bits per heavy atom. The monoisotopic (exact) mass is 260 g/mol. The van der Waals surface area contributed by atoms with Crippen LogP contribution in [-0.2, 0) is 0 Å². The molecule has 2 aromatic rings. The Bertz CT molecular complexity index is 534. The maximum absolute atomic E-state index is 5.38. The lowest BCUT2D eigenvalue weighted by molar-refractivity contribution is 0.333. The highest BCUT2D eigenvalue weighted by Crippen LogP contribution is 2.26. The molecule has 8 heteroatoms. The van der Waals surface area contributed by atoms with Gasteiger partial charge >= 0.3 is 0 Å². The van der Waals surface area contributed by atoms with Crippen molar-refractivity contribution < 1.29 is 0 Å². The van der Waals surface area contributed by atoms with E-state index in [1.54, 1.807) is 23.3 Å². The van der Waals surface area contributed by atoms with Gasteiger partial charge in [-0.15, -0.1) is 0 Å². The molecule has 0 aromatic carbocycles. The van der Waals surface area contributed by atoms with Gasteiger partial charge in [0, 0.05) is 18.9 Å².